The summed E-state index contributed by atoms with van der Waals surface area (Å²) in [7, 11) is 0. The monoisotopic (exact) mass is 457 g/mol. The Morgan fingerprint density at radius 2 is 2.00 bits per heavy atom. The average Bonchev–Trinajstić information content (AvgIpc) is 3.46. The zero-order valence-electron chi connectivity index (χ0n) is 16.6. The maximum Gasteiger partial charge on any atom is 0.311 e. The van der Waals surface area contributed by atoms with Gasteiger partial charge in [0.1, 0.15) is 5.00 Å². The summed E-state index contributed by atoms with van der Waals surface area (Å²) in [6, 6.07) is 6.88. The third-order valence-electron chi connectivity index (χ3n) is 4.66. The molecule has 0 spiro atoms. The van der Waals surface area contributed by atoms with Gasteiger partial charge in [-0.25, -0.2) is 9.97 Å². The van der Waals surface area contributed by atoms with E-state index in [9.17, 15) is 14.9 Å². The average molecular weight is 458 g/mol. The highest BCUT2D eigenvalue weighted by Crippen LogP contribution is 2.32. The highest BCUT2D eigenvalue weighted by molar-refractivity contribution is 7.19. The lowest BCUT2D eigenvalue weighted by atomic mass is 10.3. The molecule has 1 fully saturated rings. The van der Waals surface area contributed by atoms with Crippen LogP contribution < -0.4 is 14.8 Å². The van der Waals surface area contributed by atoms with Gasteiger partial charge in [-0.15, -0.1) is 11.3 Å². The van der Waals surface area contributed by atoms with Crippen molar-refractivity contribution in [2.45, 2.75) is 6.92 Å². The van der Waals surface area contributed by atoms with Crippen molar-refractivity contribution in [2.75, 3.05) is 41.0 Å². The van der Waals surface area contributed by atoms with E-state index < -0.39 is 4.92 Å². The lowest BCUT2D eigenvalue weighted by Gasteiger charge is -2.35. The van der Waals surface area contributed by atoms with Gasteiger partial charge in [-0.2, -0.15) is 10.1 Å². The number of nitrogens with zero attached hydrogens (tertiary/aromatic N) is 7. The summed E-state index contributed by atoms with van der Waals surface area (Å²) in [5.74, 6) is 0.170. The molecule has 0 bridgehead atoms. The Morgan fingerprint density at radius 3 is 2.68 bits per heavy atom. The quantitative estimate of drug-likeness (QED) is 0.318. The molecule has 4 rings (SSSR count). The third-order valence-corrected chi connectivity index (χ3v) is 6.50. The molecule has 3 aromatic heterocycles. The van der Waals surface area contributed by atoms with Gasteiger partial charge in [-0.05, 0) is 17.5 Å². The highest BCUT2D eigenvalue weighted by atomic mass is 32.1. The molecule has 0 radical (unpaired) electrons. The van der Waals surface area contributed by atoms with Crippen LogP contribution in [0.1, 0.15) is 11.8 Å². The van der Waals surface area contributed by atoms with Crippen molar-refractivity contribution >= 4 is 56.4 Å². The number of aromatic nitrogens is 2. The van der Waals surface area contributed by atoms with E-state index in [2.05, 4.69) is 20.0 Å². The smallest absolute Gasteiger partial charge is 0.311 e. The summed E-state index contributed by atoms with van der Waals surface area (Å²) in [5, 5.41) is 20.2. The number of pyridine rings is 1. The van der Waals surface area contributed by atoms with E-state index in [1.54, 1.807) is 24.7 Å². The Bertz CT molecular complexity index is 1090. The molecule has 1 amide bonds. The first-order valence-electron chi connectivity index (χ1n) is 9.46. The molecule has 0 saturated carbocycles. The second kappa shape index (κ2) is 9.18. The number of piperazine rings is 1. The molecule has 3 aromatic rings. The molecule has 0 aliphatic carbocycles. The van der Waals surface area contributed by atoms with E-state index in [-0.39, 0.29) is 11.6 Å². The number of amides is 1. The number of carbonyl (C=O) groups is 1. The van der Waals surface area contributed by atoms with Crippen molar-refractivity contribution < 1.29 is 9.72 Å². The number of carbonyl (C=O) groups excluding carboxylic acids is 1. The zero-order valence-corrected chi connectivity index (χ0v) is 18.3. The lowest BCUT2D eigenvalue weighted by Crippen LogP contribution is -2.46. The Hall–Kier alpha value is -3.38. The third kappa shape index (κ3) is 4.70. The van der Waals surface area contributed by atoms with Crippen LogP contribution in [0.5, 0.6) is 0 Å². The van der Waals surface area contributed by atoms with E-state index in [0.717, 1.165) is 9.88 Å². The van der Waals surface area contributed by atoms with Crippen molar-refractivity contribution in [3.05, 3.63) is 57.0 Å². The second-order valence-corrected chi connectivity index (χ2v) is 8.62. The molecule has 0 unspecified atom stereocenters. The van der Waals surface area contributed by atoms with Gasteiger partial charge in [-0.1, -0.05) is 17.4 Å². The lowest BCUT2D eigenvalue weighted by molar-refractivity contribution is -0.384. The summed E-state index contributed by atoms with van der Waals surface area (Å²) in [6.07, 6.45) is 4.94. The highest BCUT2D eigenvalue weighted by Gasteiger charge is 2.26. The first-order chi connectivity index (χ1) is 15.0. The minimum absolute atomic E-state index is 0.0109. The Morgan fingerprint density at radius 1 is 1.23 bits per heavy atom. The zero-order chi connectivity index (χ0) is 21.8. The molecular weight excluding hydrogens is 438 g/mol. The predicted molar refractivity (Wildman–Crippen MR) is 123 cm³/mol. The summed E-state index contributed by atoms with van der Waals surface area (Å²) >= 11 is 2.92. The van der Waals surface area contributed by atoms with Gasteiger partial charge in [0.15, 0.2) is 0 Å². The number of hydrazone groups is 1. The standard InChI is InChI=1S/C19H19N7O3S2/c1-14(27)25(22-12-15-4-3-11-30-15)19-21-13-17(31-19)23-7-9-24(10-8-23)18-16(26(28)29)5-2-6-20-18/h2-6,11-13H,7-10H2,1H3/b22-12+. The van der Waals surface area contributed by atoms with Gasteiger partial charge in [-0.3, -0.25) is 14.9 Å². The van der Waals surface area contributed by atoms with E-state index in [4.69, 9.17) is 0 Å². The number of thiazole rings is 1. The summed E-state index contributed by atoms with van der Waals surface area (Å²) in [4.78, 5) is 36.6. The minimum Gasteiger partial charge on any atom is -0.359 e. The van der Waals surface area contributed by atoms with E-state index in [1.807, 2.05) is 22.4 Å². The fraction of sp³-hybridized carbons (Fsp3) is 0.263. The van der Waals surface area contributed by atoms with Crippen molar-refractivity contribution in [2.24, 2.45) is 5.10 Å². The van der Waals surface area contributed by atoms with Crippen molar-refractivity contribution in [3.8, 4) is 0 Å². The molecule has 4 heterocycles. The number of rotatable bonds is 6. The van der Waals surface area contributed by atoms with Gasteiger partial charge in [0, 0.05) is 50.2 Å². The summed E-state index contributed by atoms with van der Waals surface area (Å²) in [6.45, 7) is 3.96. The minimum atomic E-state index is -0.406. The van der Waals surface area contributed by atoms with Crippen LogP contribution in [-0.2, 0) is 4.79 Å². The Balaban J connectivity index is 1.44. The molecule has 31 heavy (non-hydrogen) atoms. The SMILES string of the molecule is CC(=O)N(/N=C/c1cccs1)c1ncc(N2CCN(c3ncccc3[N+](=O)[O-])CC2)s1. The van der Waals surface area contributed by atoms with Crippen molar-refractivity contribution in [3.63, 3.8) is 0 Å². The molecular formula is C19H19N7O3S2. The van der Waals surface area contributed by atoms with Crippen LogP contribution in [0.15, 0.2) is 47.1 Å². The Kier molecular flexibility index (Phi) is 6.18. The molecule has 10 nitrogen and oxygen atoms in total. The van der Waals surface area contributed by atoms with Crippen molar-refractivity contribution in [1.82, 2.24) is 9.97 Å². The fourth-order valence-electron chi connectivity index (χ4n) is 3.16. The maximum absolute atomic E-state index is 12.1. The van der Waals surface area contributed by atoms with Crippen LogP contribution in [-0.4, -0.2) is 53.2 Å². The molecule has 1 aliphatic heterocycles. The molecule has 1 saturated heterocycles. The Labute approximate surface area is 186 Å². The van der Waals surface area contributed by atoms with Gasteiger partial charge in [0.2, 0.25) is 16.9 Å². The topological polar surface area (TPSA) is 108 Å². The van der Waals surface area contributed by atoms with E-state index in [1.165, 1.54) is 40.7 Å². The number of thiophene rings is 1. The molecule has 0 N–H and O–H groups in total. The molecule has 0 aromatic carbocycles. The number of anilines is 3. The predicted octanol–water partition coefficient (Wildman–Crippen LogP) is 3.22. The van der Waals surface area contributed by atoms with Crippen LogP contribution in [0.25, 0.3) is 0 Å². The van der Waals surface area contributed by atoms with E-state index >= 15 is 0 Å². The molecule has 0 atom stereocenters. The largest absolute Gasteiger partial charge is 0.359 e. The maximum atomic E-state index is 12.1. The van der Waals surface area contributed by atoms with Gasteiger partial charge in [0.05, 0.1) is 17.3 Å². The van der Waals surface area contributed by atoms with E-state index in [0.29, 0.717) is 37.1 Å². The van der Waals surface area contributed by atoms with Crippen LogP contribution in [0.3, 0.4) is 0 Å². The summed E-state index contributed by atoms with van der Waals surface area (Å²) < 4.78 is 0. The molecule has 12 heteroatoms. The summed E-state index contributed by atoms with van der Waals surface area (Å²) in [5.41, 5.74) is 0.0109. The van der Waals surface area contributed by atoms with Gasteiger partial charge in [0.25, 0.3) is 0 Å². The molecule has 160 valence electrons. The van der Waals surface area contributed by atoms with Crippen LogP contribution in [0.2, 0.25) is 0 Å². The van der Waals surface area contributed by atoms with Gasteiger partial charge < -0.3 is 9.80 Å². The number of hydrogen-bond acceptors (Lipinski definition) is 10. The van der Waals surface area contributed by atoms with Crippen LogP contribution in [0, 0.1) is 10.1 Å². The van der Waals surface area contributed by atoms with Crippen LogP contribution >= 0.6 is 22.7 Å². The fourth-order valence-corrected chi connectivity index (χ4v) is 4.71. The normalized spacial score (nSPS) is 14.2. The van der Waals surface area contributed by atoms with Crippen molar-refractivity contribution in [1.29, 1.82) is 0 Å². The number of nitro groups is 1. The van der Waals surface area contributed by atoms with Crippen LogP contribution in [0.4, 0.5) is 21.6 Å². The first kappa shape index (κ1) is 20.9. The first-order valence-corrected chi connectivity index (χ1v) is 11.2. The number of hydrogen-bond donors (Lipinski definition) is 0. The van der Waals surface area contributed by atoms with Gasteiger partial charge >= 0.3 is 5.69 Å². The molecule has 1 aliphatic rings. The second-order valence-electron chi connectivity index (χ2n) is 6.65.